The van der Waals surface area contributed by atoms with Gasteiger partial charge in [-0.25, -0.2) is 8.42 Å². The predicted octanol–water partition coefficient (Wildman–Crippen LogP) is 5.17. The van der Waals surface area contributed by atoms with Crippen molar-refractivity contribution in [3.8, 4) is 16.9 Å². The molecule has 0 aromatic heterocycles. The summed E-state index contributed by atoms with van der Waals surface area (Å²) in [6, 6.07) is 17.9. The fourth-order valence-corrected chi connectivity index (χ4v) is 5.78. The number of likely N-dealkylation sites (N-methyl/N-ethyl adjacent to an activating group) is 1. The molecule has 2 amide bonds. The van der Waals surface area contributed by atoms with Crippen LogP contribution in [0.2, 0.25) is 0 Å². The molecule has 0 fully saturated rings. The van der Waals surface area contributed by atoms with E-state index < -0.39 is 15.8 Å². The fraction of sp³-hybridized carbons (Fsp3) is 0.235. The zero-order valence-corrected chi connectivity index (χ0v) is 27.0. The molecule has 0 spiro atoms. The minimum atomic E-state index is -4.22. The van der Waals surface area contributed by atoms with E-state index in [1.807, 2.05) is 24.9 Å². The second-order valence-electron chi connectivity index (χ2n) is 10.3. The average Bonchev–Trinajstić information content (AvgIpc) is 3.01. The summed E-state index contributed by atoms with van der Waals surface area (Å²) in [4.78, 5) is 28.3. The van der Waals surface area contributed by atoms with Crippen molar-refractivity contribution in [1.82, 2.24) is 10.2 Å². The number of phenols is 1. The highest BCUT2D eigenvalue weighted by molar-refractivity contribution is 7.92. The van der Waals surface area contributed by atoms with Gasteiger partial charge in [0.05, 0.1) is 19.2 Å². The van der Waals surface area contributed by atoms with Crippen LogP contribution in [0.1, 0.15) is 23.7 Å². The van der Waals surface area contributed by atoms with Gasteiger partial charge in [0.15, 0.2) is 0 Å². The number of sulfonamides is 1. The Morgan fingerprint density at radius 2 is 1.76 bits per heavy atom. The maximum atomic E-state index is 13.5. The monoisotopic (exact) mass is 632 g/mol. The summed E-state index contributed by atoms with van der Waals surface area (Å²) >= 11 is 0. The first-order valence-electron chi connectivity index (χ1n) is 14.2. The van der Waals surface area contributed by atoms with Crippen LogP contribution in [0.5, 0.6) is 5.75 Å². The molecule has 238 valence electrons. The number of hydrogen-bond donors (Lipinski definition) is 3. The molecule has 0 heterocycles. The maximum absolute atomic E-state index is 13.5. The Balaban J connectivity index is 1.73. The Morgan fingerprint density at radius 1 is 1.02 bits per heavy atom. The van der Waals surface area contributed by atoms with E-state index in [2.05, 4.69) is 16.6 Å². The molecule has 0 atom stereocenters. The van der Waals surface area contributed by atoms with Gasteiger partial charge in [0.1, 0.15) is 16.4 Å². The minimum Gasteiger partial charge on any atom is -0.507 e. The number of hydrogen-bond acceptors (Lipinski definition) is 7. The molecule has 0 bridgehead atoms. The minimum absolute atomic E-state index is 0.131. The number of carbonyl (C=O) groups is 2. The lowest BCUT2D eigenvalue weighted by Crippen LogP contribution is -2.33. The third-order valence-electron chi connectivity index (χ3n) is 6.90. The summed E-state index contributed by atoms with van der Waals surface area (Å²) in [7, 11) is 2.43. The molecule has 11 heteroatoms. The van der Waals surface area contributed by atoms with Gasteiger partial charge >= 0.3 is 0 Å². The Hall–Kier alpha value is -5.03. The number of methoxy groups -OCH3 is 1. The van der Waals surface area contributed by atoms with Crippen molar-refractivity contribution in [3.05, 3.63) is 108 Å². The molecule has 0 aliphatic rings. The number of anilines is 2. The molecule has 3 aromatic rings. The molecule has 0 aliphatic heterocycles. The lowest BCUT2D eigenvalue weighted by Gasteiger charge is -2.21. The highest BCUT2D eigenvalue weighted by Gasteiger charge is 2.22. The SMILES string of the molecule is C=C/C=C(CC(=O)NCCN(C)c1cccc(NS(=O)(=O)c2cc(-c3ccccc3C(=O)N(C)C)ccc2O)c1)\C(=C/C)OC. The van der Waals surface area contributed by atoms with Gasteiger partial charge in [-0.2, -0.15) is 0 Å². The van der Waals surface area contributed by atoms with E-state index in [1.165, 1.54) is 17.0 Å². The number of phenolic OH excluding ortho intramolecular Hbond substituents is 1. The Bertz CT molecular complexity index is 1710. The summed E-state index contributed by atoms with van der Waals surface area (Å²) < 4.78 is 34.8. The zero-order chi connectivity index (χ0) is 33.1. The molecule has 3 N–H and O–H groups in total. The Labute approximate surface area is 265 Å². The molecule has 0 radical (unpaired) electrons. The van der Waals surface area contributed by atoms with E-state index in [1.54, 1.807) is 88.0 Å². The van der Waals surface area contributed by atoms with E-state index in [0.29, 0.717) is 46.8 Å². The summed E-state index contributed by atoms with van der Waals surface area (Å²) in [6.45, 7) is 6.33. The highest BCUT2D eigenvalue weighted by Crippen LogP contribution is 2.33. The number of nitrogens with zero attached hydrogens (tertiary/aromatic N) is 2. The summed E-state index contributed by atoms with van der Waals surface area (Å²) in [5.41, 5.74) is 3.12. The van der Waals surface area contributed by atoms with E-state index in [-0.39, 0.29) is 28.8 Å². The molecule has 0 aliphatic carbocycles. The number of benzene rings is 3. The molecule has 0 unspecified atom stereocenters. The van der Waals surface area contributed by atoms with Crippen molar-refractivity contribution >= 4 is 33.2 Å². The highest BCUT2D eigenvalue weighted by atomic mass is 32.2. The van der Waals surface area contributed by atoms with Gasteiger partial charge in [0, 0.05) is 51.1 Å². The van der Waals surface area contributed by atoms with Crippen LogP contribution in [0.3, 0.4) is 0 Å². The summed E-state index contributed by atoms with van der Waals surface area (Å²) in [5.74, 6) is -0.231. The van der Waals surface area contributed by atoms with Gasteiger partial charge in [-0.1, -0.05) is 49.1 Å². The molecule has 3 aromatic carbocycles. The molecule has 0 saturated heterocycles. The molecule has 10 nitrogen and oxygen atoms in total. The summed E-state index contributed by atoms with van der Waals surface area (Å²) in [5, 5.41) is 13.4. The predicted molar refractivity (Wildman–Crippen MR) is 179 cm³/mol. The van der Waals surface area contributed by atoms with Crippen molar-refractivity contribution in [3.63, 3.8) is 0 Å². The number of rotatable bonds is 14. The Morgan fingerprint density at radius 3 is 2.42 bits per heavy atom. The maximum Gasteiger partial charge on any atom is 0.265 e. The first-order chi connectivity index (χ1) is 21.4. The van der Waals surface area contributed by atoms with Crippen LogP contribution >= 0.6 is 0 Å². The van der Waals surface area contributed by atoms with Gasteiger partial charge in [0.25, 0.3) is 15.9 Å². The second kappa shape index (κ2) is 15.6. The summed E-state index contributed by atoms with van der Waals surface area (Å²) in [6.07, 6.45) is 5.25. The van der Waals surface area contributed by atoms with E-state index in [4.69, 9.17) is 4.74 Å². The van der Waals surface area contributed by atoms with E-state index in [0.717, 1.165) is 0 Å². The third-order valence-corrected chi connectivity index (χ3v) is 8.31. The van der Waals surface area contributed by atoms with Gasteiger partial charge < -0.3 is 25.0 Å². The third kappa shape index (κ3) is 8.99. The number of ether oxygens (including phenoxy) is 1. The lowest BCUT2D eigenvalue weighted by atomic mass is 9.99. The van der Waals surface area contributed by atoms with Crippen LogP contribution in [0.4, 0.5) is 11.4 Å². The molecule has 45 heavy (non-hydrogen) atoms. The van der Waals surface area contributed by atoms with Crippen molar-refractivity contribution in [2.24, 2.45) is 0 Å². The quantitative estimate of drug-likeness (QED) is 0.165. The molecule has 0 saturated carbocycles. The average molecular weight is 633 g/mol. The number of nitrogens with one attached hydrogen (secondary N) is 2. The fourth-order valence-electron chi connectivity index (χ4n) is 4.61. The Kier molecular flexibility index (Phi) is 12.0. The molecular weight excluding hydrogens is 592 g/mol. The number of allylic oxidation sites excluding steroid dienone is 4. The van der Waals surface area contributed by atoms with Crippen molar-refractivity contribution in [1.29, 1.82) is 0 Å². The molecule has 3 rings (SSSR count). The molecular formula is C34H40N4O6S. The first-order valence-corrected chi connectivity index (χ1v) is 15.7. The standard InChI is InChI=1S/C34H40N4O6S/c1-7-12-25(31(8-2)44-6)22-33(40)35-19-20-38(5)27-14-11-13-26(23-27)36-45(42,43)32-21-24(17-18-30(32)39)28-15-9-10-16-29(28)34(41)37(3)4/h7-18,21,23,36,39H,1,19-20,22H2,2-6H3,(H,35,40)/b25-12-,31-8+. The number of amides is 2. The van der Waals surface area contributed by atoms with Gasteiger partial charge in [-0.05, 0) is 60.5 Å². The van der Waals surface area contributed by atoms with Crippen LogP contribution < -0.4 is 14.9 Å². The van der Waals surface area contributed by atoms with Gasteiger partial charge in [-0.3, -0.25) is 14.3 Å². The topological polar surface area (TPSA) is 128 Å². The lowest BCUT2D eigenvalue weighted by molar-refractivity contribution is -0.120. The van der Waals surface area contributed by atoms with Crippen molar-refractivity contribution in [2.75, 3.05) is 51.0 Å². The van der Waals surface area contributed by atoms with Crippen LogP contribution in [0.15, 0.2) is 108 Å². The first kappa shape index (κ1) is 34.5. The van der Waals surface area contributed by atoms with Crippen LogP contribution in [-0.4, -0.2) is 71.6 Å². The number of carbonyl (C=O) groups excluding carboxylic acids is 2. The van der Waals surface area contributed by atoms with Gasteiger partial charge in [-0.15, -0.1) is 0 Å². The van der Waals surface area contributed by atoms with Crippen molar-refractivity contribution < 1.29 is 27.9 Å². The van der Waals surface area contributed by atoms with E-state index >= 15 is 0 Å². The van der Waals surface area contributed by atoms with Crippen LogP contribution in [0, 0.1) is 0 Å². The van der Waals surface area contributed by atoms with Crippen molar-refractivity contribution in [2.45, 2.75) is 18.2 Å². The smallest absolute Gasteiger partial charge is 0.265 e. The van der Waals surface area contributed by atoms with Crippen LogP contribution in [0.25, 0.3) is 11.1 Å². The number of aromatic hydroxyl groups is 1. The van der Waals surface area contributed by atoms with Gasteiger partial charge in [0.2, 0.25) is 5.91 Å². The van der Waals surface area contributed by atoms with Crippen LogP contribution in [-0.2, 0) is 19.6 Å². The normalized spacial score (nSPS) is 11.8. The van der Waals surface area contributed by atoms with E-state index in [9.17, 15) is 23.1 Å². The second-order valence-corrected chi connectivity index (χ2v) is 12.0. The zero-order valence-electron chi connectivity index (χ0n) is 26.2. The largest absolute Gasteiger partial charge is 0.507 e.